The minimum absolute atomic E-state index is 0.744. The van der Waals surface area contributed by atoms with Crippen LogP contribution in [0.5, 0.6) is 0 Å². The lowest BCUT2D eigenvalue weighted by molar-refractivity contribution is 0.298. The summed E-state index contributed by atoms with van der Waals surface area (Å²) in [5.74, 6) is 0. The van der Waals surface area contributed by atoms with E-state index in [4.69, 9.17) is 59.9 Å². The molecule has 0 fully saturated rings. The van der Waals surface area contributed by atoms with Crippen molar-refractivity contribution in [1.82, 2.24) is 19.6 Å². The van der Waals surface area contributed by atoms with Gasteiger partial charge in [-0.05, 0) is 72.8 Å². The lowest BCUT2D eigenvalue weighted by Gasteiger charge is -2.19. The van der Waals surface area contributed by atoms with E-state index < -0.39 is 0 Å². The number of thiophene rings is 12. The van der Waals surface area contributed by atoms with Crippen LogP contribution in [0.2, 0.25) is 0 Å². The highest BCUT2D eigenvalue weighted by molar-refractivity contribution is 7.42. The first-order chi connectivity index (χ1) is 58.4. The summed E-state index contributed by atoms with van der Waals surface area (Å²) in [5, 5.41) is 7.63. The average Bonchev–Trinajstić information content (AvgIpc) is 1.71. The van der Waals surface area contributed by atoms with Gasteiger partial charge in [0.1, 0.15) is 0 Å². The molecule has 602 valence electrons. The summed E-state index contributed by atoms with van der Waals surface area (Å²) >= 11 is 21.7. The fraction of sp³-hybridized carbons (Fsp3) is 0.267. The maximum atomic E-state index is 4.83. The average molecular weight is 1780 g/mol. The van der Waals surface area contributed by atoms with E-state index in [2.05, 4.69) is 92.4 Å². The number of benzene rings is 3. The third kappa shape index (κ3) is 26.7. The van der Waals surface area contributed by atoms with Crippen LogP contribution in [0, 0.1) is 0 Å². The van der Waals surface area contributed by atoms with Crippen LogP contribution >= 0.6 is 136 Å². The van der Waals surface area contributed by atoms with Gasteiger partial charge in [0.25, 0.3) is 0 Å². The van der Waals surface area contributed by atoms with Gasteiger partial charge in [0.15, 0.2) is 0 Å². The molecule has 0 amide bonds. The van der Waals surface area contributed by atoms with Crippen LogP contribution < -0.4 is 0 Å². The van der Waals surface area contributed by atoms with Crippen molar-refractivity contribution >= 4 is 267 Å². The molecule has 118 heavy (non-hydrogen) atoms. The first-order valence-corrected chi connectivity index (χ1v) is 49.3. The molecular formula is C90H90N16S12. The van der Waals surface area contributed by atoms with E-state index in [1.807, 2.05) is 184 Å². The molecule has 0 aliphatic carbocycles. The van der Waals surface area contributed by atoms with Gasteiger partial charge in [-0.15, -0.1) is 136 Å². The largest absolute Gasteiger partial charge is 0.298 e. The predicted octanol–water partition coefficient (Wildman–Crippen LogP) is 21.2. The van der Waals surface area contributed by atoms with E-state index in [-0.39, 0.29) is 0 Å². The summed E-state index contributed by atoms with van der Waals surface area (Å²) in [4.78, 5) is 82.0. The fourth-order valence-corrected chi connectivity index (χ4v) is 26.4. The smallest absolute Gasteiger partial charge is 0.0878 e. The van der Waals surface area contributed by atoms with Crippen LogP contribution in [0.15, 0.2) is 242 Å². The Balaban J connectivity index is 0.000000152. The highest BCUT2D eigenvalue weighted by Crippen LogP contribution is 2.38. The van der Waals surface area contributed by atoms with Gasteiger partial charge in [0.2, 0.25) is 0 Å². The number of rotatable bonds is 0. The maximum absolute atomic E-state index is 4.83. The molecule has 0 N–H and O–H groups in total. The molecular weight excluding hydrogens is 1690 g/mol. The first kappa shape index (κ1) is 84.5. The minimum atomic E-state index is 0.744. The van der Waals surface area contributed by atoms with Crippen LogP contribution in [0.1, 0.15) is 58.5 Å². The van der Waals surface area contributed by atoms with Crippen LogP contribution in [-0.2, 0) is 0 Å². The Labute approximate surface area is 737 Å². The summed E-state index contributed by atoms with van der Waals surface area (Å²) < 4.78 is 7.91. The second-order valence-electron chi connectivity index (χ2n) is 27.5. The van der Waals surface area contributed by atoms with Gasteiger partial charge in [0, 0.05) is 244 Å². The molecule has 0 radical (unpaired) electrons. The van der Waals surface area contributed by atoms with Crippen LogP contribution in [-0.4, -0.2) is 251 Å². The number of aliphatic imine (C=N–C) groups is 12. The zero-order valence-electron chi connectivity index (χ0n) is 65.3. The Morgan fingerprint density at radius 2 is 0.237 bits per heavy atom. The van der Waals surface area contributed by atoms with Gasteiger partial charge in [-0.2, -0.15) is 0 Å². The number of hydrogen-bond acceptors (Lipinski definition) is 28. The summed E-state index contributed by atoms with van der Waals surface area (Å²) in [6.45, 7) is 19.4. The Morgan fingerprint density at radius 1 is 0.144 bits per heavy atom. The fourth-order valence-electron chi connectivity index (χ4n) is 12.8. The van der Waals surface area contributed by atoms with E-state index in [0.29, 0.717) is 0 Å². The summed E-state index contributed by atoms with van der Waals surface area (Å²) in [6, 6.07) is 62.9. The molecule has 15 aromatic rings. The van der Waals surface area contributed by atoms with Gasteiger partial charge in [-0.25, -0.2) is 0 Å². The van der Waals surface area contributed by atoms with Crippen molar-refractivity contribution < 1.29 is 0 Å². The zero-order chi connectivity index (χ0) is 79.8. The molecule has 0 spiro atoms. The van der Waals surface area contributed by atoms with Gasteiger partial charge in [0.05, 0.1) is 103 Å². The highest BCUT2D eigenvalue weighted by Gasteiger charge is 2.15. The van der Waals surface area contributed by atoms with E-state index in [9.17, 15) is 0 Å². The molecule has 39 rings (SSSR count). The van der Waals surface area contributed by atoms with Crippen molar-refractivity contribution in [1.29, 1.82) is 0 Å². The molecule has 0 saturated heterocycles. The van der Waals surface area contributed by atoms with Crippen molar-refractivity contribution in [3.05, 3.63) is 241 Å². The second-order valence-corrected chi connectivity index (χ2v) is 42.1. The van der Waals surface area contributed by atoms with Gasteiger partial charge in [-0.1, -0.05) is 109 Å². The molecule has 36 heterocycles. The van der Waals surface area contributed by atoms with Crippen LogP contribution in [0.4, 0.5) is 0 Å². The van der Waals surface area contributed by atoms with E-state index in [1.165, 1.54) is 115 Å². The molecule has 0 saturated carbocycles. The third-order valence-corrected chi connectivity index (χ3v) is 32.2. The Kier molecular flexibility index (Phi) is 32.8. The Morgan fingerprint density at radius 3 is 0.322 bits per heavy atom. The van der Waals surface area contributed by atoms with Gasteiger partial charge < -0.3 is 0 Å². The minimum Gasteiger partial charge on any atom is -0.298 e. The molecule has 24 aliphatic heterocycles. The van der Waals surface area contributed by atoms with Crippen LogP contribution in [0.25, 0.3) is 56.4 Å². The normalized spacial score (nSPS) is 18.3. The molecule has 24 aliphatic rings. The van der Waals surface area contributed by atoms with Gasteiger partial charge >= 0.3 is 0 Å². The monoisotopic (exact) mass is 1780 g/mol. The topological polar surface area (TPSA) is 161 Å². The van der Waals surface area contributed by atoms with Crippen molar-refractivity contribution in [2.45, 2.75) is 0 Å². The maximum Gasteiger partial charge on any atom is 0.0878 e. The van der Waals surface area contributed by atoms with Crippen molar-refractivity contribution in [3.63, 3.8) is 0 Å². The van der Waals surface area contributed by atoms with E-state index in [1.54, 1.807) is 136 Å². The summed E-state index contributed by atoms with van der Waals surface area (Å²) in [5.41, 5.74) is 0. The van der Waals surface area contributed by atoms with Crippen LogP contribution in [0.3, 0.4) is 0 Å². The third-order valence-electron chi connectivity index (χ3n) is 18.7. The molecule has 28 heteroatoms. The number of hydrogen-bond donors (Lipinski definition) is 0. The lowest BCUT2D eigenvalue weighted by Crippen LogP contribution is -2.31. The van der Waals surface area contributed by atoms with Crippen molar-refractivity contribution in [2.24, 2.45) is 59.9 Å². The predicted molar refractivity (Wildman–Crippen MR) is 533 cm³/mol. The van der Waals surface area contributed by atoms with E-state index in [0.717, 1.165) is 157 Å². The lowest BCUT2D eigenvalue weighted by atomic mass is 10.3. The quantitative estimate of drug-likeness (QED) is 0.148. The van der Waals surface area contributed by atoms with E-state index >= 15 is 0 Å². The van der Waals surface area contributed by atoms with Crippen molar-refractivity contribution in [2.75, 3.05) is 157 Å². The SMILES string of the molecule is C1=NCCN2CCN=Cc3cc4cc(sc4s3)C=NCCN(CCN=Cc3cc4cc1sc4s3)CCN=Cc1cc3cc(sc3s1)C=NCC2.C1=NCCN2CCN=Cc3cc4cc(sc4s3)C=NCCN(CCN=Cc3cc4cc1sc4s3)CCN=Cc1cc3cc(sc3s1)C=NCC2.c1ccccc1.c1ccccc1.c1ccccc1. The molecule has 16 nitrogen and oxygen atoms in total. The molecule has 12 aromatic heterocycles. The van der Waals surface area contributed by atoms with Crippen molar-refractivity contribution in [3.8, 4) is 0 Å². The van der Waals surface area contributed by atoms with Gasteiger partial charge in [-0.3, -0.25) is 79.5 Å². The summed E-state index contributed by atoms with van der Waals surface area (Å²) in [6.07, 6.45) is 24.4. The number of nitrogens with zero attached hydrogens (tertiary/aromatic N) is 16. The molecule has 0 atom stereocenters. The highest BCUT2D eigenvalue weighted by atomic mass is 32.2. The summed E-state index contributed by atoms with van der Waals surface area (Å²) in [7, 11) is 0. The first-order valence-electron chi connectivity index (χ1n) is 39.5. The second kappa shape index (κ2) is 45.8. The molecule has 0 unspecified atom stereocenters. The standard InChI is InChI=1S/2C36H36N8S6.3C6H6/c2*1-7-43-8-2-38-20-30-15-26-17-32(49-35(26)47-30)23-41-5-11-44(10-4-40-22-29-14-25-13-28(19-37-1)45-34(25)46-29)12-6-42-24-33-18-27-16-31(21-39-3-9-43)48-36(27)50-33;3*1-2-4-6-5-3-1/h2*13-24H,1-12H2;3*1-6H. The molecule has 28 bridgehead atoms. The zero-order valence-corrected chi connectivity index (χ0v) is 75.1. The Hall–Kier alpha value is -8.50. The molecule has 3 aromatic carbocycles. The Bertz CT molecular complexity index is 4510.